The summed E-state index contributed by atoms with van der Waals surface area (Å²) in [7, 11) is -3.79. The lowest BCUT2D eigenvalue weighted by Gasteiger charge is -2.31. The molecule has 2 saturated heterocycles. The van der Waals surface area contributed by atoms with Gasteiger partial charge in [-0.05, 0) is 50.1 Å². The van der Waals surface area contributed by atoms with Crippen molar-refractivity contribution in [2.45, 2.75) is 37.3 Å². The van der Waals surface area contributed by atoms with E-state index in [1.54, 1.807) is 42.5 Å². The van der Waals surface area contributed by atoms with Crippen LogP contribution in [-0.4, -0.2) is 88.2 Å². The summed E-state index contributed by atoms with van der Waals surface area (Å²) in [6.07, 6.45) is -2.92. The van der Waals surface area contributed by atoms with Crippen molar-refractivity contribution in [3.05, 3.63) is 53.6 Å². The fraction of sp³-hybridized carbons (Fsp3) is 0.444. The molecule has 2 aromatic rings. The molecule has 2 amide bonds. The number of sulfonamides is 1. The van der Waals surface area contributed by atoms with Crippen LogP contribution in [0.15, 0.2) is 47.4 Å². The molecule has 11 nitrogen and oxygen atoms in total. The van der Waals surface area contributed by atoms with Gasteiger partial charge in [-0.25, -0.2) is 13.2 Å². The first-order valence-electron chi connectivity index (χ1n) is 13.3. The molecule has 4 N–H and O–H groups in total. The predicted molar refractivity (Wildman–Crippen MR) is 150 cm³/mol. The van der Waals surface area contributed by atoms with Gasteiger partial charge in [0.1, 0.15) is 0 Å². The average molecular weight is 614 g/mol. The summed E-state index contributed by atoms with van der Waals surface area (Å²) >= 11 is 0. The second-order valence-electron chi connectivity index (χ2n) is 9.78. The molecule has 0 bridgehead atoms. The van der Waals surface area contributed by atoms with Crippen LogP contribution in [0.25, 0.3) is 0 Å². The van der Waals surface area contributed by atoms with Gasteiger partial charge in [-0.1, -0.05) is 17.7 Å². The molecule has 2 fully saturated rings. The molecule has 15 heteroatoms. The molecule has 2 aromatic carbocycles. The van der Waals surface area contributed by atoms with Gasteiger partial charge in [0.2, 0.25) is 5.91 Å². The predicted octanol–water partition coefficient (Wildman–Crippen LogP) is 2.58. The summed E-state index contributed by atoms with van der Waals surface area (Å²) < 4.78 is 60.1. The molecule has 0 atom stereocenters. The van der Waals surface area contributed by atoms with Gasteiger partial charge >= 0.3 is 12.1 Å². The molecule has 4 rings (SSSR count). The molecule has 0 aromatic heterocycles. The maximum atomic E-state index is 13.2. The molecule has 0 aliphatic carbocycles. The first-order valence-corrected chi connectivity index (χ1v) is 14.8. The Morgan fingerprint density at radius 2 is 1.69 bits per heavy atom. The van der Waals surface area contributed by atoms with Crippen LogP contribution in [0.1, 0.15) is 35.2 Å². The van der Waals surface area contributed by atoms with Crippen molar-refractivity contribution < 1.29 is 41.1 Å². The van der Waals surface area contributed by atoms with E-state index in [0.717, 1.165) is 50.4 Å². The van der Waals surface area contributed by atoms with E-state index in [-0.39, 0.29) is 16.7 Å². The number of halogens is 3. The summed E-state index contributed by atoms with van der Waals surface area (Å²) in [4.78, 5) is 38.0. The van der Waals surface area contributed by atoms with E-state index in [1.807, 2.05) is 11.8 Å². The van der Waals surface area contributed by atoms with Crippen molar-refractivity contribution in [3.8, 4) is 0 Å². The number of nitrogens with one attached hydrogen (secondary N) is 3. The largest absolute Gasteiger partial charge is 0.490 e. The number of carbonyl (C=O) groups excluding carboxylic acids is 2. The highest BCUT2D eigenvalue weighted by Gasteiger charge is 2.38. The quantitative estimate of drug-likeness (QED) is 0.316. The zero-order valence-electron chi connectivity index (χ0n) is 23.0. The first-order chi connectivity index (χ1) is 19.8. The zero-order valence-corrected chi connectivity index (χ0v) is 23.9. The third kappa shape index (κ3) is 9.34. The van der Waals surface area contributed by atoms with E-state index in [2.05, 4.69) is 20.3 Å². The lowest BCUT2D eigenvalue weighted by atomic mass is 10.1. The minimum Gasteiger partial charge on any atom is -0.475 e. The Bertz CT molecular complexity index is 1360. The minimum absolute atomic E-state index is 0.164. The second-order valence-corrected chi connectivity index (χ2v) is 11.5. The Balaban J connectivity index is 0.000000616. The van der Waals surface area contributed by atoms with Crippen LogP contribution in [0.3, 0.4) is 0 Å². The molecule has 42 heavy (non-hydrogen) atoms. The van der Waals surface area contributed by atoms with E-state index in [4.69, 9.17) is 9.90 Å². The van der Waals surface area contributed by atoms with Gasteiger partial charge in [0, 0.05) is 63.6 Å². The molecule has 0 saturated carbocycles. The fourth-order valence-electron chi connectivity index (χ4n) is 4.40. The molecule has 0 unspecified atom stereocenters. The Kier molecular flexibility index (Phi) is 11.2. The molecule has 0 radical (unpaired) electrons. The van der Waals surface area contributed by atoms with E-state index >= 15 is 0 Å². The number of aryl methyl sites for hydroxylation is 1. The SMILES string of the molecule is Cc1ccc(S(=O)(=O)Nc2ccc(N3CCNCC3)c(C(=O)NCCCN3CCCC3=O)c2)cc1.O=C(O)C(F)(F)F. The first kappa shape index (κ1) is 32.7. The highest BCUT2D eigenvalue weighted by Crippen LogP contribution is 2.27. The van der Waals surface area contributed by atoms with Crippen molar-refractivity contribution in [2.24, 2.45) is 0 Å². The van der Waals surface area contributed by atoms with Crippen LogP contribution in [0, 0.1) is 6.92 Å². The number of rotatable bonds is 9. The number of piperazine rings is 1. The number of hydrogen-bond donors (Lipinski definition) is 4. The Morgan fingerprint density at radius 1 is 1.05 bits per heavy atom. The number of benzene rings is 2. The normalized spacial score (nSPS) is 15.6. The number of carboxylic acids is 1. The minimum atomic E-state index is -5.08. The number of anilines is 2. The van der Waals surface area contributed by atoms with Gasteiger partial charge in [-0.2, -0.15) is 13.2 Å². The van der Waals surface area contributed by atoms with Crippen LogP contribution in [0.2, 0.25) is 0 Å². The second kappa shape index (κ2) is 14.4. The van der Waals surface area contributed by atoms with Crippen LogP contribution in [-0.2, 0) is 19.6 Å². The zero-order chi connectivity index (χ0) is 30.9. The lowest BCUT2D eigenvalue weighted by molar-refractivity contribution is -0.192. The number of likely N-dealkylation sites (tertiary alicyclic amines) is 1. The number of amides is 2. The van der Waals surface area contributed by atoms with Crippen molar-refractivity contribution in [1.29, 1.82) is 0 Å². The molecule has 2 aliphatic heterocycles. The Morgan fingerprint density at radius 3 is 2.26 bits per heavy atom. The number of carbonyl (C=O) groups is 3. The standard InChI is InChI=1S/C25H33N5O4S.C2HF3O2/c1-19-5-8-21(9-6-19)35(33,34)28-20-7-10-23(29-16-12-26-13-17-29)22(18-20)25(32)27-11-3-15-30-14-2-4-24(30)31;3-2(4,5)1(6)7/h5-10,18,26,28H,2-4,11-17H2,1H3,(H,27,32);(H,6,7). The van der Waals surface area contributed by atoms with Crippen LogP contribution < -0.4 is 20.3 Å². The maximum Gasteiger partial charge on any atom is 0.490 e. The van der Waals surface area contributed by atoms with Crippen molar-refractivity contribution in [2.75, 3.05) is 55.4 Å². The van der Waals surface area contributed by atoms with Crippen molar-refractivity contribution >= 4 is 39.2 Å². The van der Waals surface area contributed by atoms with Gasteiger partial charge in [0.15, 0.2) is 0 Å². The molecule has 0 spiro atoms. The van der Waals surface area contributed by atoms with E-state index < -0.39 is 22.2 Å². The van der Waals surface area contributed by atoms with Crippen LogP contribution >= 0.6 is 0 Å². The van der Waals surface area contributed by atoms with Crippen LogP contribution in [0.5, 0.6) is 0 Å². The monoisotopic (exact) mass is 613 g/mol. The number of carboxylic acid groups (broad SMARTS) is 1. The number of alkyl halides is 3. The third-order valence-corrected chi connectivity index (χ3v) is 7.98. The van der Waals surface area contributed by atoms with E-state index in [0.29, 0.717) is 37.2 Å². The maximum absolute atomic E-state index is 13.2. The van der Waals surface area contributed by atoms with Crippen molar-refractivity contribution in [1.82, 2.24) is 15.5 Å². The van der Waals surface area contributed by atoms with Gasteiger partial charge < -0.3 is 25.5 Å². The fourth-order valence-corrected chi connectivity index (χ4v) is 5.45. The summed E-state index contributed by atoms with van der Waals surface area (Å²) in [5, 5.41) is 13.4. The van der Waals surface area contributed by atoms with E-state index in [1.165, 1.54) is 0 Å². The summed E-state index contributed by atoms with van der Waals surface area (Å²) in [6.45, 7) is 6.87. The summed E-state index contributed by atoms with van der Waals surface area (Å²) in [5.41, 5.74) is 2.50. The molecular formula is C27H34F3N5O6S. The average Bonchev–Trinajstić information content (AvgIpc) is 3.35. The highest BCUT2D eigenvalue weighted by atomic mass is 32.2. The molecule has 2 aliphatic rings. The third-order valence-electron chi connectivity index (χ3n) is 6.59. The van der Waals surface area contributed by atoms with Crippen LogP contribution in [0.4, 0.5) is 24.5 Å². The van der Waals surface area contributed by atoms with Gasteiger partial charge in [0.25, 0.3) is 15.9 Å². The molecule has 230 valence electrons. The van der Waals surface area contributed by atoms with Crippen molar-refractivity contribution in [3.63, 3.8) is 0 Å². The number of aliphatic carboxylic acids is 1. The Hall–Kier alpha value is -3.85. The molecule has 2 heterocycles. The summed E-state index contributed by atoms with van der Waals surface area (Å²) in [6, 6.07) is 11.7. The number of hydrogen-bond acceptors (Lipinski definition) is 7. The highest BCUT2D eigenvalue weighted by molar-refractivity contribution is 7.92. The lowest BCUT2D eigenvalue weighted by Crippen LogP contribution is -2.44. The smallest absolute Gasteiger partial charge is 0.475 e. The van der Waals surface area contributed by atoms with Gasteiger partial charge in [-0.15, -0.1) is 0 Å². The summed E-state index contributed by atoms with van der Waals surface area (Å²) in [5.74, 6) is -2.85. The molecular weight excluding hydrogens is 579 g/mol. The Labute approximate surface area is 242 Å². The number of nitrogens with zero attached hydrogens (tertiary/aromatic N) is 2. The van der Waals surface area contributed by atoms with Gasteiger partial charge in [-0.3, -0.25) is 14.3 Å². The van der Waals surface area contributed by atoms with E-state index in [9.17, 15) is 31.2 Å². The topological polar surface area (TPSA) is 148 Å². The van der Waals surface area contributed by atoms with Gasteiger partial charge in [0.05, 0.1) is 10.5 Å².